The molecule has 0 unspecified atom stereocenters. The molecule has 0 saturated carbocycles. The van der Waals surface area contributed by atoms with Gasteiger partial charge >= 0.3 is 0 Å². The van der Waals surface area contributed by atoms with Gasteiger partial charge in [-0.1, -0.05) is 24.3 Å². The number of fused-ring (bicyclic) bond motifs is 2. The first-order valence-corrected chi connectivity index (χ1v) is 9.94. The van der Waals surface area contributed by atoms with Crippen LogP contribution in [0.4, 0.5) is 0 Å². The molecule has 1 aliphatic heterocycles. The lowest BCUT2D eigenvalue weighted by atomic mass is 9.85. The second-order valence-corrected chi connectivity index (χ2v) is 7.58. The SMILES string of the molecule is Cn1c(CC(=O)NNC(=O)CCN2C(=O)[C@@H]3CC=CC[C@H]3C2=O)nc2ccccc21. The lowest BCUT2D eigenvalue weighted by Crippen LogP contribution is -2.44. The second kappa shape index (κ2) is 8.10. The van der Waals surface area contributed by atoms with Gasteiger partial charge in [0.15, 0.2) is 0 Å². The van der Waals surface area contributed by atoms with Crippen molar-refractivity contribution in [3.05, 3.63) is 42.2 Å². The minimum Gasteiger partial charge on any atom is -0.331 e. The van der Waals surface area contributed by atoms with Gasteiger partial charge in [0.05, 0.1) is 29.3 Å². The molecule has 0 bridgehead atoms. The van der Waals surface area contributed by atoms with Gasteiger partial charge in [0, 0.05) is 20.0 Å². The maximum atomic E-state index is 12.4. The van der Waals surface area contributed by atoms with E-state index in [9.17, 15) is 19.2 Å². The summed E-state index contributed by atoms with van der Waals surface area (Å²) in [4.78, 5) is 54.6. The number of nitrogens with one attached hydrogen (secondary N) is 2. The number of hydrogen-bond donors (Lipinski definition) is 2. The number of imide groups is 1. The van der Waals surface area contributed by atoms with E-state index in [4.69, 9.17) is 0 Å². The fourth-order valence-corrected chi connectivity index (χ4v) is 4.05. The predicted molar refractivity (Wildman–Crippen MR) is 107 cm³/mol. The van der Waals surface area contributed by atoms with Crippen LogP contribution in [-0.2, 0) is 32.6 Å². The topological polar surface area (TPSA) is 113 Å². The van der Waals surface area contributed by atoms with Crippen LogP contribution >= 0.6 is 0 Å². The number of amides is 4. The summed E-state index contributed by atoms with van der Waals surface area (Å²) in [5.41, 5.74) is 6.41. The maximum absolute atomic E-state index is 12.4. The molecular formula is C21H23N5O4. The van der Waals surface area contributed by atoms with Gasteiger partial charge < -0.3 is 4.57 Å². The number of carbonyl (C=O) groups is 4. The monoisotopic (exact) mass is 409 g/mol. The zero-order valence-electron chi connectivity index (χ0n) is 16.6. The van der Waals surface area contributed by atoms with Crippen molar-refractivity contribution in [2.45, 2.75) is 25.7 Å². The van der Waals surface area contributed by atoms with Crippen LogP contribution in [0.1, 0.15) is 25.1 Å². The molecule has 4 amide bonds. The van der Waals surface area contributed by atoms with Crippen molar-refractivity contribution in [2.75, 3.05) is 6.54 Å². The summed E-state index contributed by atoms with van der Waals surface area (Å²) in [6, 6.07) is 7.56. The van der Waals surface area contributed by atoms with Crippen LogP contribution in [0.5, 0.6) is 0 Å². The van der Waals surface area contributed by atoms with Crippen LogP contribution in [0, 0.1) is 11.8 Å². The summed E-state index contributed by atoms with van der Waals surface area (Å²) in [7, 11) is 1.83. The number of likely N-dealkylation sites (tertiary alicyclic amines) is 1. The van der Waals surface area contributed by atoms with Crippen LogP contribution in [0.15, 0.2) is 36.4 Å². The van der Waals surface area contributed by atoms with Crippen molar-refractivity contribution in [1.29, 1.82) is 0 Å². The highest BCUT2D eigenvalue weighted by atomic mass is 16.2. The van der Waals surface area contributed by atoms with Crippen molar-refractivity contribution in [1.82, 2.24) is 25.3 Å². The zero-order chi connectivity index (χ0) is 21.3. The molecule has 2 aromatic rings. The number of hydrazine groups is 1. The van der Waals surface area contributed by atoms with Crippen molar-refractivity contribution < 1.29 is 19.2 Å². The summed E-state index contributed by atoms with van der Waals surface area (Å²) >= 11 is 0. The number of aromatic nitrogens is 2. The first-order chi connectivity index (χ1) is 14.5. The number of allylic oxidation sites excluding steroid dienone is 2. The molecule has 2 atom stereocenters. The molecule has 0 spiro atoms. The molecule has 2 heterocycles. The highest BCUT2D eigenvalue weighted by Gasteiger charge is 2.46. The average Bonchev–Trinajstić information content (AvgIpc) is 3.19. The Morgan fingerprint density at radius 3 is 2.33 bits per heavy atom. The molecular weight excluding hydrogens is 386 g/mol. The molecule has 1 aromatic carbocycles. The van der Waals surface area contributed by atoms with Crippen LogP contribution in [0.25, 0.3) is 11.0 Å². The van der Waals surface area contributed by atoms with Gasteiger partial charge in [0.25, 0.3) is 0 Å². The standard InChI is InChI=1S/C21H23N5O4/c1-25-16-9-5-4-8-15(16)22-17(25)12-19(28)24-23-18(27)10-11-26-20(29)13-6-2-3-7-14(13)21(26)30/h2-5,8-9,13-14H,6-7,10-12H2,1H3,(H,23,27)(H,24,28)/t13-,14-/m1/s1. The van der Waals surface area contributed by atoms with E-state index in [1.54, 1.807) is 0 Å². The maximum Gasteiger partial charge on any atom is 0.245 e. The Labute approximate surface area is 173 Å². The highest BCUT2D eigenvalue weighted by molar-refractivity contribution is 6.05. The number of benzene rings is 1. The lowest BCUT2D eigenvalue weighted by molar-refractivity contribution is -0.140. The normalized spacial score (nSPS) is 20.5. The van der Waals surface area contributed by atoms with Gasteiger partial charge in [-0.25, -0.2) is 4.98 Å². The molecule has 1 aliphatic carbocycles. The average molecular weight is 409 g/mol. The summed E-state index contributed by atoms with van der Waals surface area (Å²) in [5, 5.41) is 0. The fraction of sp³-hybridized carbons (Fsp3) is 0.381. The highest BCUT2D eigenvalue weighted by Crippen LogP contribution is 2.34. The molecule has 1 saturated heterocycles. The third kappa shape index (κ3) is 3.70. The quantitative estimate of drug-likeness (QED) is 0.427. The summed E-state index contributed by atoms with van der Waals surface area (Å²) in [6.45, 7) is 0.0110. The van der Waals surface area contributed by atoms with E-state index in [0.717, 1.165) is 11.0 Å². The Hall–Kier alpha value is -3.49. The molecule has 4 rings (SSSR count). The first kappa shape index (κ1) is 19.8. The number of carbonyl (C=O) groups excluding carboxylic acids is 4. The van der Waals surface area contributed by atoms with E-state index < -0.39 is 11.8 Å². The Morgan fingerprint density at radius 1 is 1.03 bits per heavy atom. The lowest BCUT2D eigenvalue weighted by Gasteiger charge is -2.14. The number of para-hydroxylation sites is 2. The van der Waals surface area contributed by atoms with Crippen LogP contribution in [0.2, 0.25) is 0 Å². The minimum atomic E-state index is -0.470. The van der Waals surface area contributed by atoms with Crippen molar-refractivity contribution >= 4 is 34.7 Å². The summed E-state index contributed by atoms with van der Waals surface area (Å²) in [5.74, 6) is -1.35. The van der Waals surface area contributed by atoms with E-state index >= 15 is 0 Å². The van der Waals surface area contributed by atoms with E-state index in [0.29, 0.717) is 18.7 Å². The van der Waals surface area contributed by atoms with Gasteiger partial charge in [-0.3, -0.25) is 34.9 Å². The van der Waals surface area contributed by atoms with Crippen LogP contribution < -0.4 is 10.9 Å². The third-order valence-electron chi connectivity index (χ3n) is 5.70. The number of rotatable bonds is 5. The third-order valence-corrected chi connectivity index (χ3v) is 5.70. The Morgan fingerprint density at radius 2 is 1.67 bits per heavy atom. The molecule has 156 valence electrons. The molecule has 2 N–H and O–H groups in total. The van der Waals surface area contributed by atoms with Crippen molar-refractivity contribution in [3.63, 3.8) is 0 Å². The van der Waals surface area contributed by atoms with E-state index in [1.165, 1.54) is 4.90 Å². The first-order valence-electron chi connectivity index (χ1n) is 9.94. The number of nitrogens with zero attached hydrogens (tertiary/aromatic N) is 3. The molecule has 9 heteroatoms. The Bertz CT molecular complexity index is 1030. The Balaban J connectivity index is 1.25. The summed E-state index contributed by atoms with van der Waals surface area (Å²) < 4.78 is 1.83. The van der Waals surface area contributed by atoms with Crippen LogP contribution in [-0.4, -0.2) is 44.6 Å². The van der Waals surface area contributed by atoms with Gasteiger partial charge in [0.1, 0.15) is 5.82 Å². The van der Waals surface area contributed by atoms with Crippen LogP contribution in [0.3, 0.4) is 0 Å². The molecule has 1 aromatic heterocycles. The van der Waals surface area contributed by atoms with Gasteiger partial charge in [-0.15, -0.1) is 0 Å². The molecule has 30 heavy (non-hydrogen) atoms. The predicted octanol–water partition coefficient (Wildman–Crippen LogP) is 0.605. The zero-order valence-corrected chi connectivity index (χ0v) is 16.6. The van der Waals surface area contributed by atoms with Gasteiger partial charge in [0.2, 0.25) is 23.6 Å². The van der Waals surface area contributed by atoms with Crippen molar-refractivity contribution in [2.24, 2.45) is 18.9 Å². The van der Waals surface area contributed by atoms with Gasteiger partial charge in [-0.2, -0.15) is 0 Å². The number of hydrogen-bond acceptors (Lipinski definition) is 5. The Kier molecular flexibility index (Phi) is 5.35. The van der Waals surface area contributed by atoms with Crippen molar-refractivity contribution in [3.8, 4) is 0 Å². The van der Waals surface area contributed by atoms with E-state index in [2.05, 4.69) is 15.8 Å². The van der Waals surface area contributed by atoms with E-state index in [1.807, 2.05) is 48.0 Å². The summed E-state index contributed by atoms with van der Waals surface area (Å²) in [6.07, 6.45) is 4.90. The molecule has 2 aliphatic rings. The smallest absolute Gasteiger partial charge is 0.245 e. The number of imidazole rings is 1. The number of aryl methyl sites for hydroxylation is 1. The van der Waals surface area contributed by atoms with E-state index in [-0.39, 0.29) is 43.0 Å². The fourth-order valence-electron chi connectivity index (χ4n) is 4.05. The molecule has 9 nitrogen and oxygen atoms in total. The van der Waals surface area contributed by atoms with Gasteiger partial charge in [-0.05, 0) is 25.0 Å². The minimum absolute atomic E-state index is 0.00488. The molecule has 0 radical (unpaired) electrons. The largest absolute Gasteiger partial charge is 0.331 e. The molecule has 1 fully saturated rings. The second-order valence-electron chi connectivity index (χ2n) is 7.58.